The van der Waals surface area contributed by atoms with Crippen LogP contribution in [-0.2, 0) is 0 Å². The van der Waals surface area contributed by atoms with E-state index in [4.69, 9.17) is 0 Å². The number of aryl methyl sites for hydroxylation is 1. The Morgan fingerprint density at radius 2 is 1.65 bits per heavy atom. The van der Waals surface area contributed by atoms with Crippen LogP contribution in [0.3, 0.4) is 0 Å². The van der Waals surface area contributed by atoms with Gasteiger partial charge in [-0.3, -0.25) is 4.79 Å². The number of nitrogens with one attached hydrogen (secondary N) is 2. The van der Waals surface area contributed by atoms with Gasteiger partial charge in [0.25, 0.3) is 5.91 Å². The summed E-state index contributed by atoms with van der Waals surface area (Å²) in [7, 11) is 0. The van der Waals surface area contributed by atoms with Crippen LogP contribution in [0, 0.1) is 6.92 Å². The Balaban J connectivity index is 1.47. The number of carbonyl (C=O) groups is 1. The summed E-state index contributed by atoms with van der Waals surface area (Å²) in [4.78, 5) is 17.5. The average Bonchev–Trinajstić information content (AvgIpc) is 3.18. The van der Waals surface area contributed by atoms with Gasteiger partial charge in [0.2, 0.25) is 0 Å². The first-order valence-corrected chi connectivity index (χ1v) is 10.5. The molecule has 1 amide bonds. The molecule has 2 aromatic heterocycles. The van der Waals surface area contributed by atoms with Crippen molar-refractivity contribution < 1.29 is 4.79 Å². The quantitative estimate of drug-likeness (QED) is 0.422. The summed E-state index contributed by atoms with van der Waals surface area (Å²) in [6, 6.07) is 20.3. The van der Waals surface area contributed by atoms with Gasteiger partial charge in [0.15, 0.2) is 5.65 Å². The van der Waals surface area contributed by atoms with E-state index in [2.05, 4.69) is 53.6 Å². The van der Waals surface area contributed by atoms with Gasteiger partial charge < -0.3 is 10.6 Å². The summed E-state index contributed by atoms with van der Waals surface area (Å²) in [6.07, 6.45) is 1.76. The summed E-state index contributed by atoms with van der Waals surface area (Å²) in [5, 5.41) is 11.7. The topological polar surface area (TPSA) is 71.8 Å². The van der Waals surface area contributed by atoms with Crippen molar-refractivity contribution >= 4 is 28.3 Å². The second-order valence-corrected chi connectivity index (χ2v) is 8.03. The van der Waals surface area contributed by atoms with Crippen LogP contribution in [0.25, 0.3) is 11.0 Å². The minimum Gasteiger partial charge on any atom is -0.379 e. The van der Waals surface area contributed by atoms with Crippen LogP contribution in [0.1, 0.15) is 54.5 Å². The molecule has 4 rings (SSSR count). The molecule has 0 spiro atoms. The Labute approximate surface area is 182 Å². The molecule has 1 unspecified atom stereocenters. The molecule has 0 bridgehead atoms. The highest BCUT2D eigenvalue weighted by atomic mass is 16.1. The lowest BCUT2D eigenvalue weighted by molar-refractivity contribution is 0.102. The minimum atomic E-state index is -0.178. The summed E-state index contributed by atoms with van der Waals surface area (Å²) >= 11 is 0. The number of fused-ring (bicyclic) bond motifs is 1. The van der Waals surface area contributed by atoms with Crippen LogP contribution in [0.4, 0.5) is 11.4 Å². The molecule has 158 valence electrons. The monoisotopic (exact) mass is 413 g/mol. The van der Waals surface area contributed by atoms with E-state index in [1.165, 1.54) is 5.56 Å². The van der Waals surface area contributed by atoms with Crippen LogP contribution < -0.4 is 10.6 Å². The van der Waals surface area contributed by atoms with E-state index in [9.17, 15) is 4.79 Å². The third-order valence-corrected chi connectivity index (χ3v) is 5.32. The summed E-state index contributed by atoms with van der Waals surface area (Å²) < 4.78 is 1.87. The zero-order valence-electron chi connectivity index (χ0n) is 18.3. The zero-order chi connectivity index (χ0) is 22.0. The molecular formula is C25H27N5O. The van der Waals surface area contributed by atoms with Gasteiger partial charge >= 0.3 is 0 Å². The lowest BCUT2D eigenvalue weighted by Gasteiger charge is -2.16. The summed E-state index contributed by atoms with van der Waals surface area (Å²) in [5.41, 5.74) is 4.99. The predicted molar refractivity (Wildman–Crippen MR) is 126 cm³/mol. The van der Waals surface area contributed by atoms with Gasteiger partial charge in [-0.15, -0.1) is 0 Å². The fourth-order valence-corrected chi connectivity index (χ4v) is 3.60. The lowest BCUT2D eigenvalue weighted by Crippen LogP contribution is -2.14. The van der Waals surface area contributed by atoms with E-state index in [0.29, 0.717) is 11.3 Å². The van der Waals surface area contributed by atoms with Crippen molar-refractivity contribution in [1.82, 2.24) is 14.8 Å². The Morgan fingerprint density at radius 3 is 2.32 bits per heavy atom. The lowest BCUT2D eigenvalue weighted by atomic mass is 10.1. The van der Waals surface area contributed by atoms with Crippen molar-refractivity contribution in [1.29, 1.82) is 0 Å². The molecule has 0 saturated heterocycles. The first kappa shape index (κ1) is 20.6. The van der Waals surface area contributed by atoms with E-state index in [0.717, 1.165) is 22.4 Å². The van der Waals surface area contributed by atoms with E-state index >= 15 is 0 Å². The van der Waals surface area contributed by atoms with E-state index in [1.54, 1.807) is 6.20 Å². The Hall–Kier alpha value is -3.67. The fourth-order valence-electron chi connectivity index (χ4n) is 3.60. The normalized spacial score (nSPS) is 12.2. The second-order valence-electron chi connectivity index (χ2n) is 8.03. The number of rotatable bonds is 6. The number of benzene rings is 2. The molecule has 4 aromatic rings. The molecule has 6 heteroatoms. The van der Waals surface area contributed by atoms with Crippen molar-refractivity contribution in [3.63, 3.8) is 0 Å². The van der Waals surface area contributed by atoms with Crippen molar-refractivity contribution in [2.24, 2.45) is 0 Å². The Bertz CT molecular complexity index is 1200. The molecule has 0 fully saturated rings. The van der Waals surface area contributed by atoms with Crippen LogP contribution in [0.5, 0.6) is 0 Å². The molecule has 1 atom stereocenters. The maximum absolute atomic E-state index is 12.9. The highest BCUT2D eigenvalue weighted by molar-refractivity contribution is 6.06. The second kappa shape index (κ2) is 8.60. The Morgan fingerprint density at radius 1 is 0.968 bits per heavy atom. The minimum absolute atomic E-state index is 0.178. The van der Waals surface area contributed by atoms with Gasteiger partial charge in [-0.25, -0.2) is 9.67 Å². The van der Waals surface area contributed by atoms with Gasteiger partial charge in [0.1, 0.15) is 0 Å². The molecule has 0 aliphatic carbocycles. The molecule has 2 heterocycles. The molecule has 0 aliphatic heterocycles. The van der Waals surface area contributed by atoms with Crippen LogP contribution in [-0.4, -0.2) is 20.7 Å². The molecule has 6 nitrogen and oxygen atoms in total. The van der Waals surface area contributed by atoms with Gasteiger partial charge in [-0.05, 0) is 63.6 Å². The summed E-state index contributed by atoms with van der Waals surface area (Å²) in [6.45, 7) is 8.09. The molecule has 0 radical (unpaired) electrons. The number of hydrogen-bond donors (Lipinski definition) is 2. The molecule has 0 saturated carbocycles. The molecular weight excluding hydrogens is 386 g/mol. The summed E-state index contributed by atoms with van der Waals surface area (Å²) in [5.74, 6) is -0.178. The number of nitrogens with zero attached hydrogens (tertiary/aromatic N) is 3. The van der Waals surface area contributed by atoms with E-state index in [-0.39, 0.29) is 18.0 Å². The van der Waals surface area contributed by atoms with Gasteiger partial charge in [0, 0.05) is 28.8 Å². The Kier molecular flexibility index (Phi) is 5.71. The van der Waals surface area contributed by atoms with Crippen molar-refractivity contribution in [2.45, 2.75) is 39.8 Å². The van der Waals surface area contributed by atoms with Gasteiger partial charge in [-0.2, -0.15) is 5.10 Å². The van der Waals surface area contributed by atoms with E-state index in [1.807, 2.05) is 60.1 Å². The van der Waals surface area contributed by atoms with Gasteiger partial charge in [0.05, 0.1) is 17.5 Å². The van der Waals surface area contributed by atoms with Crippen molar-refractivity contribution in [2.75, 3.05) is 10.6 Å². The van der Waals surface area contributed by atoms with E-state index < -0.39 is 0 Å². The maximum atomic E-state index is 12.9. The molecule has 2 N–H and O–H groups in total. The number of pyridine rings is 1. The number of amides is 1. The molecule has 2 aromatic carbocycles. The first-order valence-electron chi connectivity index (χ1n) is 10.5. The number of aromatic nitrogens is 3. The number of hydrogen-bond acceptors (Lipinski definition) is 4. The maximum Gasteiger partial charge on any atom is 0.257 e. The van der Waals surface area contributed by atoms with Crippen LogP contribution >= 0.6 is 0 Å². The third-order valence-electron chi connectivity index (χ3n) is 5.32. The number of carbonyl (C=O) groups excluding carboxylic acids is 1. The molecule has 31 heavy (non-hydrogen) atoms. The van der Waals surface area contributed by atoms with Crippen molar-refractivity contribution in [3.05, 3.63) is 83.7 Å². The third kappa shape index (κ3) is 4.43. The predicted octanol–water partition coefficient (Wildman–Crippen LogP) is 5.75. The highest BCUT2D eigenvalue weighted by Gasteiger charge is 2.15. The zero-order valence-corrected chi connectivity index (χ0v) is 18.3. The van der Waals surface area contributed by atoms with Crippen LogP contribution in [0.15, 0.2) is 66.9 Å². The first-order chi connectivity index (χ1) is 14.9. The molecule has 0 aliphatic rings. The average molecular weight is 414 g/mol. The fraction of sp³-hybridized carbons (Fsp3) is 0.240. The van der Waals surface area contributed by atoms with Crippen LogP contribution in [0.2, 0.25) is 0 Å². The highest BCUT2D eigenvalue weighted by Crippen LogP contribution is 2.23. The van der Waals surface area contributed by atoms with Gasteiger partial charge in [-0.1, -0.05) is 30.3 Å². The SMILES string of the molecule is Cc1nc2c(cnn2C(C)C)cc1C(=O)Nc1ccc(NC(C)c2ccccc2)cc1. The largest absolute Gasteiger partial charge is 0.379 e. The number of anilines is 2. The smallest absolute Gasteiger partial charge is 0.257 e. The van der Waals surface area contributed by atoms with Crippen molar-refractivity contribution in [3.8, 4) is 0 Å². The standard InChI is InChI=1S/C25H27N5O/c1-16(2)30-24-20(15-26-30)14-23(18(4)28-24)25(31)29-22-12-10-21(11-13-22)27-17(3)19-8-6-5-7-9-19/h5-17,27H,1-4H3,(H,29,31).